The van der Waals surface area contributed by atoms with Crippen LogP contribution >= 0.6 is 0 Å². The van der Waals surface area contributed by atoms with Crippen molar-refractivity contribution in [2.75, 3.05) is 0 Å². The molecule has 0 spiro atoms. The van der Waals surface area contributed by atoms with Gasteiger partial charge in [-0.05, 0) is 24.6 Å². The molecule has 0 saturated heterocycles. The maximum absolute atomic E-state index is 12.6. The summed E-state index contributed by atoms with van der Waals surface area (Å²) in [5.41, 5.74) is 1.94. The Morgan fingerprint density at radius 3 is 2.54 bits per heavy atom. The first kappa shape index (κ1) is 17.7. The molecule has 1 amide bonds. The van der Waals surface area contributed by atoms with Gasteiger partial charge in [0.05, 0.1) is 23.3 Å². The van der Waals surface area contributed by atoms with Crippen LogP contribution in [0.15, 0.2) is 54.7 Å². The number of halogens is 2. The lowest BCUT2D eigenvalue weighted by molar-refractivity contribution is -0.0506. The number of hydrogen-bond acceptors (Lipinski definition) is 4. The van der Waals surface area contributed by atoms with Crippen LogP contribution in [-0.4, -0.2) is 22.5 Å². The number of aromatic nitrogens is 2. The quantitative estimate of drug-likeness (QED) is 0.721. The highest BCUT2D eigenvalue weighted by Gasteiger charge is 2.20. The van der Waals surface area contributed by atoms with Crippen molar-refractivity contribution in [1.82, 2.24) is 15.3 Å². The topological polar surface area (TPSA) is 64.1 Å². The summed E-state index contributed by atoms with van der Waals surface area (Å²) >= 11 is 0. The number of fused-ring (bicyclic) bond motifs is 1. The largest absolute Gasteiger partial charge is 0.434 e. The number of alkyl halides is 2. The van der Waals surface area contributed by atoms with E-state index in [1.54, 1.807) is 30.3 Å². The molecule has 1 aromatic heterocycles. The minimum absolute atomic E-state index is 0.0410. The summed E-state index contributed by atoms with van der Waals surface area (Å²) in [6, 6.07) is 13.1. The molecule has 1 atom stereocenters. The molecule has 5 nitrogen and oxygen atoms in total. The molecule has 0 saturated carbocycles. The molecular weight excluding hydrogens is 340 g/mol. The van der Waals surface area contributed by atoms with Crippen LogP contribution in [0.3, 0.4) is 0 Å². The Bertz CT molecular complexity index is 918. The molecule has 0 bridgehead atoms. The van der Waals surface area contributed by atoms with Gasteiger partial charge in [0.15, 0.2) is 0 Å². The van der Waals surface area contributed by atoms with E-state index < -0.39 is 18.6 Å². The predicted octanol–water partition coefficient (Wildman–Crippen LogP) is 4.11. The molecule has 1 heterocycles. The number of para-hydroxylation sites is 3. The molecule has 3 aromatic rings. The molecule has 0 radical (unpaired) electrons. The highest BCUT2D eigenvalue weighted by molar-refractivity contribution is 5.94. The molecule has 26 heavy (non-hydrogen) atoms. The molecular formula is C19H17F2N3O2. The zero-order valence-electron chi connectivity index (χ0n) is 14.0. The van der Waals surface area contributed by atoms with Crippen LogP contribution in [-0.2, 0) is 0 Å². The Morgan fingerprint density at radius 1 is 1.12 bits per heavy atom. The zero-order valence-corrected chi connectivity index (χ0v) is 14.0. The maximum atomic E-state index is 12.6. The van der Waals surface area contributed by atoms with Gasteiger partial charge in [-0.2, -0.15) is 8.78 Å². The third-order valence-electron chi connectivity index (χ3n) is 3.91. The van der Waals surface area contributed by atoms with Gasteiger partial charge in [0.25, 0.3) is 5.91 Å². The van der Waals surface area contributed by atoms with E-state index in [1.807, 2.05) is 19.1 Å². The van der Waals surface area contributed by atoms with E-state index >= 15 is 0 Å². The summed E-state index contributed by atoms with van der Waals surface area (Å²) in [6.07, 6.45) is 1.89. The number of amides is 1. The van der Waals surface area contributed by atoms with Crippen molar-refractivity contribution >= 4 is 16.9 Å². The average molecular weight is 357 g/mol. The second kappa shape index (κ2) is 7.86. The predicted molar refractivity (Wildman–Crippen MR) is 93.1 cm³/mol. The van der Waals surface area contributed by atoms with E-state index in [4.69, 9.17) is 0 Å². The summed E-state index contributed by atoms with van der Waals surface area (Å²) in [4.78, 5) is 21.1. The van der Waals surface area contributed by atoms with Crippen molar-refractivity contribution in [2.24, 2.45) is 0 Å². The van der Waals surface area contributed by atoms with Crippen LogP contribution in [0, 0.1) is 0 Å². The number of ether oxygens (including phenoxy) is 1. The molecule has 1 unspecified atom stereocenters. The molecule has 0 aliphatic rings. The van der Waals surface area contributed by atoms with Crippen LogP contribution < -0.4 is 10.1 Å². The van der Waals surface area contributed by atoms with Gasteiger partial charge in [0.2, 0.25) is 0 Å². The zero-order chi connectivity index (χ0) is 18.5. The lowest BCUT2D eigenvalue weighted by atomic mass is 10.0. The standard InChI is InChI=1S/C19H17F2N3O2/c1-2-13(12-7-3-6-10-17(12)26-19(20)21)24-18(25)16-11-22-14-8-4-5-9-15(14)23-16/h3-11,13,19H,2H2,1H3,(H,24,25). The van der Waals surface area contributed by atoms with E-state index in [-0.39, 0.29) is 11.4 Å². The van der Waals surface area contributed by atoms with Crippen LogP contribution in [0.4, 0.5) is 8.78 Å². The average Bonchev–Trinajstić information content (AvgIpc) is 2.65. The fourth-order valence-corrected chi connectivity index (χ4v) is 2.67. The number of benzene rings is 2. The third-order valence-corrected chi connectivity index (χ3v) is 3.91. The van der Waals surface area contributed by atoms with Gasteiger partial charge in [-0.15, -0.1) is 0 Å². The Hall–Kier alpha value is -3.09. The fraction of sp³-hybridized carbons (Fsp3) is 0.211. The Morgan fingerprint density at radius 2 is 1.81 bits per heavy atom. The van der Waals surface area contributed by atoms with E-state index in [1.165, 1.54) is 12.3 Å². The minimum Gasteiger partial charge on any atom is -0.434 e. The minimum atomic E-state index is -2.93. The first-order valence-electron chi connectivity index (χ1n) is 8.15. The molecule has 7 heteroatoms. The van der Waals surface area contributed by atoms with Crippen molar-refractivity contribution in [3.8, 4) is 5.75 Å². The van der Waals surface area contributed by atoms with Gasteiger partial charge in [-0.25, -0.2) is 4.98 Å². The van der Waals surface area contributed by atoms with Gasteiger partial charge in [-0.3, -0.25) is 9.78 Å². The highest BCUT2D eigenvalue weighted by Crippen LogP contribution is 2.28. The normalized spacial score (nSPS) is 12.2. The van der Waals surface area contributed by atoms with E-state index in [0.717, 1.165) is 0 Å². The number of carbonyl (C=O) groups excluding carboxylic acids is 1. The molecule has 0 aliphatic carbocycles. The summed E-state index contributed by atoms with van der Waals surface area (Å²) in [5.74, 6) is -0.388. The fourth-order valence-electron chi connectivity index (χ4n) is 2.67. The van der Waals surface area contributed by atoms with Gasteiger partial charge in [0, 0.05) is 5.56 Å². The lowest BCUT2D eigenvalue weighted by Crippen LogP contribution is -2.29. The van der Waals surface area contributed by atoms with Crippen molar-refractivity contribution < 1.29 is 18.3 Å². The first-order valence-corrected chi connectivity index (χ1v) is 8.15. The number of rotatable bonds is 6. The van der Waals surface area contributed by atoms with Crippen LogP contribution in [0.5, 0.6) is 5.75 Å². The second-order valence-electron chi connectivity index (χ2n) is 5.59. The van der Waals surface area contributed by atoms with Crippen LogP contribution in [0.2, 0.25) is 0 Å². The van der Waals surface area contributed by atoms with Crippen molar-refractivity contribution in [3.63, 3.8) is 0 Å². The van der Waals surface area contributed by atoms with E-state index in [9.17, 15) is 13.6 Å². The van der Waals surface area contributed by atoms with E-state index in [2.05, 4.69) is 20.0 Å². The number of carbonyl (C=O) groups is 1. The number of nitrogens with zero attached hydrogens (tertiary/aromatic N) is 2. The van der Waals surface area contributed by atoms with E-state index in [0.29, 0.717) is 23.0 Å². The third kappa shape index (κ3) is 3.93. The summed E-state index contributed by atoms with van der Waals surface area (Å²) in [6.45, 7) is -1.09. The Balaban J connectivity index is 1.84. The SMILES string of the molecule is CCC(NC(=O)c1cnc2ccccc2n1)c1ccccc1OC(F)F. The van der Waals surface area contributed by atoms with Crippen molar-refractivity contribution in [1.29, 1.82) is 0 Å². The second-order valence-corrected chi connectivity index (χ2v) is 5.59. The number of nitrogens with one attached hydrogen (secondary N) is 1. The Labute approximate surface area is 149 Å². The van der Waals surface area contributed by atoms with Crippen LogP contribution in [0.1, 0.15) is 35.4 Å². The number of hydrogen-bond donors (Lipinski definition) is 1. The molecule has 2 aromatic carbocycles. The Kier molecular flexibility index (Phi) is 5.36. The highest BCUT2D eigenvalue weighted by atomic mass is 19.3. The molecule has 0 fully saturated rings. The summed E-state index contributed by atoms with van der Waals surface area (Å²) in [7, 11) is 0. The van der Waals surface area contributed by atoms with Gasteiger partial charge in [-0.1, -0.05) is 37.3 Å². The van der Waals surface area contributed by atoms with Gasteiger partial charge in [0.1, 0.15) is 11.4 Å². The van der Waals surface area contributed by atoms with Gasteiger partial charge >= 0.3 is 6.61 Å². The van der Waals surface area contributed by atoms with Crippen molar-refractivity contribution in [2.45, 2.75) is 26.0 Å². The van der Waals surface area contributed by atoms with Crippen molar-refractivity contribution in [3.05, 3.63) is 66.0 Å². The smallest absolute Gasteiger partial charge is 0.387 e. The molecule has 1 N–H and O–H groups in total. The first-order chi connectivity index (χ1) is 12.6. The monoisotopic (exact) mass is 357 g/mol. The summed E-state index contributed by atoms with van der Waals surface area (Å²) in [5, 5.41) is 2.81. The maximum Gasteiger partial charge on any atom is 0.387 e. The lowest BCUT2D eigenvalue weighted by Gasteiger charge is -2.20. The molecule has 3 rings (SSSR count). The van der Waals surface area contributed by atoms with Gasteiger partial charge < -0.3 is 10.1 Å². The molecule has 0 aliphatic heterocycles. The molecule has 134 valence electrons. The van der Waals surface area contributed by atoms with Crippen LogP contribution in [0.25, 0.3) is 11.0 Å². The summed E-state index contributed by atoms with van der Waals surface area (Å²) < 4.78 is 29.8.